The topological polar surface area (TPSA) is 55.8 Å². The van der Waals surface area contributed by atoms with Crippen LogP contribution < -0.4 is 9.47 Å². The zero-order valence-electron chi connectivity index (χ0n) is 19.8. The van der Waals surface area contributed by atoms with Crippen molar-refractivity contribution in [1.29, 1.82) is 0 Å². The number of ketones is 1. The molecule has 0 radical (unpaired) electrons. The van der Waals surface area contributed by atoms with E-state index in [1.165, 1.54) is 5.56 Å². The molecule has 2 aliphatic heterocycles. The number of carbonyl (C=O) groups excluding carboxylic acids is 1. The van der Waals surface area contributed by atoms with Crippen LogP contribution in [0.5, 0.6) is 11.5 Å². The Labute approximate surface area is 195 Å². The van der Waals surface area contributed by atoms with Crippen LogP contribution >= 0.6 is 0 Å². The van der Waals surface area contributed by atoms with Gasteiger partial charge in [0.25, 0.3) is 0 Å². The summed E-state index contributed by atoms with van der Waals surface area (Å²) in [6, 6.07) is 14.3. The molecule has 2 aliphatic carbocycles. The highest BCUT2D eigenvalue weighted by Gasteiger charge is 2.76. The molecule has 4 aliphatic rings. The molecule has 2 heterocycles. The largest absolute Gasteiger partial charge is 0.485 e. The molecule has 174 valence electrons. The SMILES string of the molecule is CC(C)C[N+]1(C)CC[C@]23c4c5ccc(OCc6ccccc6)c4O[C@H]2C(=O)CC[C@@]3(O)[C@H]1C5. The van der Waals surface area contributed by atoms with Gasteiger partial charge >= 0.3 is 0 Å². The van der Waals surface area contributed by atoms with Gasteiger partial charge in [-0.3, -0.25) is 4.79 Å². The first-order chi connectivity index (χ1) is 15.8. The lowest BCUT2D eigenvalue weighted by Gasteiger charge is -2.64. The van der Waals surface area contributed by atoms with Crippen molar-refractivity contribution in [3.8, 4) is 11.5 Å². The minimum atomic E-state index is -0.941. The lowest BCUT2D eigenvalue weighted by atomic mass is 9.48. The highest BCUT2D eigenvalue weighted by atomic mass is 16.5. The number of carbonyl (C=O) groups is 1. The maximum Gasteiger partial charge on any atom is 0.174 e. The van der Waals surface area contributed by atoms with Crippen molar-refractivity contribution >= 4 is 5.78 Å². The molecule has 5 nitrogen and oxygen atoms in total. The molecule has 1 saturated carbocycles. The summed E-state index contributed by atoms with van der Waals surface area (Å²) >= 11 is 0. The summed E-state index contributed by atoms with van der Waals surface area (Å²) in [5.41, 5.74) is 1.76. The van der Waals surface area contributed by atoms with Gasteiger partial charge in [-0.25, -0.2) is 0 Å². The van der Waals surface area contributed by atoms with Crippen molar-refractivity contribution in [1.82, 2.24) is 0 Å². The molecule has 5 atom stereocenters. The van der Waals surface area contributed by atoms with Crippen molar-refractivity contribution in [3.05, 3.63) is 59.2 Å². The standard InChI is InChI=1S/C28H34NO4/c1-18(2)16-29(3)14-13-27-24-20-9-10-22(32-17-19-7-5-4-6-8-19)25(24)33-26(27)21(30)11-12-28(27,31)23(29)15-20/h4-10,18,23,26,31H,11-17H2,1-3H3/q+1/t23-,26+,27+,28-,29?/m1/s1. The number of Topliss-reactive ketones (excluding diaryl/α,β-unsaturated/α-hetero) is 1. The quantitative estimate of drug-likeness (QED) is 0.707. The molecular formula is C28H34NO4+. The minimum absolute atomic E-state index is 0.0717. The Morgan fingerprint density at radius 3 is 2.73 bits per heavy atom. The molecule has 1 unspecified atom stereocenters. The van der Waals surface area contributed by atoms with E-state index in [1.807, 2.05) is 36.4 Å². The smallest absolute Gasteiger partial charge is 0.174 e. The van der Waals surface area contributed by atoms with Crippen LogP contribution in [0.1, 0.15) is 49.8 Å². The Bertz CT molecular complexity index is 1110. The van der Waals surface area contributed by atoms with Crippen LogP contribution in [0, 0.1) is 5.92 Å². The van der Waals surface area contributed by atoms with E-state index in [0.717, 1.165) is 41.5 Å². The Morgan fingerprint density at radius 2 is 1.97 bits per heavy atom. The van der Waals surface area contributed by atoms with Crippen LogP contribution in [0.15, 0.2) is 42.5 Å². The normalized spacial score (nSPS) is 35.8. The number of likely N-dealkylation sites (tertiary alicyclic amines) is 1. The molecular weight excluding hydrogens is 414 g/mol. The summed E-state index contributed by atoms with van der Waals surface area (Å²) in [6.07, 6.45) is 1.87. The molecule has 1 N–H and O–H groups in total. The summed E-state index contributed by atoms with van der Waals surface area (Å²) < 4.78 is 13.6. The van der Waals surface area contributed by atoms with Crippen molar-refractivity contribution in [3.63, 3.8) is 0 Å². The van der Waals surface area contributed by atoms with Crippen LogP contribution in [0.2, 0.25) is 0 Å². The molecule has 2 aromatic carbocycles. The predicted octanol–water partition coefficient (Wildman–Crippen LogP) is 3.79. The first kappa shape index (κ1) is 21.2. The van der Waals surface area contributed by atoms with Gasteiger partial charge in [-0.2, -0.15) is 0 Å². The van der Waals surface area contributed by atoms with Crippen LogP contribution in [-0.2, 0) is 23.2 Å². The van der Waals surface area contributed by atoms with Gasteiger partial charge in [0.1, 0.15) is 18.2 Å². The number of ether oxygens (including phenoxy) is 2. The second-order valence-electron chi connectivity index (χ2n) is 11.3. The molecule has 33 heavy (non-hydrogen) atoms. The molecule has 2 fully saturated rings. The van der Waals surface area contributed by atoms with Crippen LogP contribution in [0.4, 0.5) is 0 Å². The van der Waals surface area contributed by atoms with Crippen LogP contribution in [0.25, 0.3) is 0 Å². The maximum atomic E-state index is 13.2. The van der Waals surface area contributed by atoms with Crippen molar-refractivity contribution in [2.45, 2.75) is 69.3 Å². The average Bonchev–Trinajstić information content (AvgIpc) is 3.15. The number of quaternary nitrogens is 1. The zero-order valence-corrected chi connectivity index (χ0v) is 19.8. The number of likely N-dealkylation sites (N-methyl/N-ethyl adjacent to an activating group) is 1. The Hall–Kier alpha value is -2.37. The fourth-order valence-corrected chi connectivity index (χ4v) is 7.72. The minimum Gasteiger partial charge on any atom is -0.485 e. The number of nitrogens with zero attached hydrogens (tertiary/aromatic N) is 1. The lowest BCUT2D eigenvalue weighted by molar-refractivity contribution is -0.951. The highest BCUT2D eigenvalue weighted by Crippen LogP contribution is 2.65. The third-order valence-electron chi connectivity index (χ3n) is 8.91. The molecule has 2 bridgehead atoms. The molecule has 1 saturated heterocycles. The zero-order chi connectivity index (χ0) is 23.0. The van der Waals surface area contributed by atoms with Crippen molar-refractivity contribution < 1.29 is 23.9 Å². The van der Waals surface area contributed by atoms with Crippen molar-refractivity contribution in [2.24, 2.45) is 5.92 Å². The lowest BCUT2D eigenvalue weighted by Crippen LogP contribution is -2.81. The molecule has 1 spiro atoms. The van der Waals surface area contributed by atoms with E-state index >= 15 is 0 Å². The van der Waals surface area contributed by atoms with Gasteiger partial charge in [0.15, 0.2) is 23.4 Å². The summed E-state index contributed by atoms with van der Waals surface area (Å²) in [5, 5.41) is 12.5. The Morgan fingerprint density at radius 1 is 1.18 bits per heavy atom. The van der Waals surface area contributed by atoms with Gasteiger partial charge in [-0.15, -0.1) is 0 Å². The van der Waals surface area contributed by atoms with Crippen LogP contribution in [-0.4, -0.2) is 53.3 Å². The van der Waals surface area contributed by atoms with E-state index in [9.17, 15) is 9.90 Å². The Balaban J connectivity index is 1.47. The van der Waals surface area contributed by atoms with E-state index in [2.05, 4.69) is 27.0 Å². The van der Waals surface area contributed by atoms with Crippen LogP contribution in [0.3, 0.4) is 0 Å². The summed E-state index contributed by atoms with van der Waals surface area (Å²) in [5.74, 6) is 2.04. The average molecular weight is 449 g/mol. The fraction of sp³-hybridized carbons (Fsp3) is 0.536. The third kappa shape index (κ3) is 2.75. The van der Waals surface area contributed by atoms with Gasteiger partial charge in [0, 0.05) is 30.7 Å². The third-order valence-corrected chi connectivity index (χ3v) is 8.91. The van der Waals surface area contributed by atoms with Gasteiger partial charge in [0.05, 0.1) is 25.6 Å². The molecule has 2 aromatic rings. The number of benzene rings is 2. The fourth-order valence-electron chi connectivity index (χ4n) is 7.72. The number of aliphatic hydroxyl groups is 1. The van der Waals surface area contributed by atoms with Gasteiger partial charge in [0.2, 0.25) is 0 Å². The number of piperidine rings is 1. The second-order valence-corrected chi connectivity index (χ2v) is 11.3. The van der Waals surface area contributed by atoms with E-state index in [4.69, 9.17) is 9.47 Å². The second kappa shape index (κ2) is 7.07. The first-order valence-corrected chi connectivity index (χ1v) is 12.4. The van der Waals surface area contributed by atoms with Gasteiger partial charge in [-0.05, 0) is 23.6 Å². The van der Waals surface area contributed by atoms with E-state index in [0.29, 0.717) is 36.9 Å². The van der Waals surface area contributed by atoms with E-state index in [1.54, 1.807) is 0 Å². The predicted molar refractivity (Wildman–Crippen MR) is 125 cm³/mol. The number of hydrogen-bond donors (Lipinski definition) is 1. The number of hydrogen-bond acceptors (Lipinski definition) is 4. The van der Waals surface area contributed by atoms with Gasteiger partial charge in [-0.1, -0.05) is 50.2 Å². The summed E-state index contributed by atoms with van der Waals surface area (Å²) in [4.78, 5) is 13.2. The monoisotopic (exact) mass is 448 g/mol. The molecule has 0 aromatic heterocycles. The van der Waals surface area contributed by atoms with E-state index < -0.39 is 17.1 Å². The molecule has 5 heteroatoms. The summed E-state index contributed by atoms with van der Waals surface area (Å²) in [7, 11) is 2.31. The molecule has 6 rings (SSSR count). The highest BCUT2D eigenvalue weighted by molar-refractivity contribution is 5.90. The Kier molecular flexibility index (Phi) is 4.54. The van der Waals surface area contributed by atoms with E-state index in [-0.39, 0.29) is 11.8 Å². The van der Waals surface area contributed by atoms with Crippen molar-refractivity contribution in [2.75, 3.05) is 20.1 Å². The number of rotatable bonds is 5. The van der Waals surface area contributed by atoms with Gasteiger partial charge < -0.3 is 19.1 Å². The summed E-state index contributed by atoms with van der Waals surface area (Å²) in [6.45, 7) is 6.94. The first-order valence-electron chi connectivity index (χ1n) is 12.4. The molecule has 0 amide bonds. The maximum absolute atomic E-state index is 13.2.